The summed E-state index contributed by atoms with van der Waals surface area (Å²) in [6.07, 6.45) is 2.75. The summed E-state index contributed by atoms with van der Waals surface area (Å²) in [6.45, 7) is 7.83. The Hall–Kier alpha value is -2.60. The number of fused-ring (bicyclic) bond motifs is 1. The van der Waals surface area contributed by atoms with Crippen LogP contribution in [-0.4, -0.2) is 30.9 Å². The second kappa shape index (κ2) is 6.78. The van der Waals surface area contributed by atoms with Crippen molar-refractivity contribution in [1.82, 2.24) is 20.2 Å². The molecule has 1 aliphatic rings. The van der Waals surface area contributed by atoms with E-state index in [-0.39, 0.29) is 12.4 Å². The van der Waals surface area contributed by atoms with Crippen LogP contribution in [0.2, 0.25) is 0 Å². The highest BCUT2D eigenvalue weighted by Gasteiger charge is 2.22. The van der Waals surface area contributed by atoms with Crippen molar-refractivity contribution in [2.24, 2.45) is 0 Å². The van der Waals surface area contributed by atoms with Crippen LogP contribution < -0.4 is 0 Å². The summed E-state index contributed by atoms with van der Waals surface area (Å²) >= 11 is 0. The first-order valence-electron chi connectivity index (χ1n) is 9.65. The van der Waals surface area contributed by atoms with E-state index in [4.69, 9.17) is 0 Å². The van der Waals surface area contributed by atoms with E-state index in [9.17, 15) is 9.50 Å². The van der Waals surface area contributed by atoms with Crippen molar-refractivity contribution < 1.29 is 9.50 Å². The molecule has 2 aromatic carbocycles. The molecule has 0 spiro atoms. The summed E-state index contributed by atoms with van der Waals surface area (Å²) < 4.78 is 14.1. The van der Waals surface area contributed by atoms with Crippen LogP contribution in [0.5, 0.6) is 0 Å². The summed E-state index contributed by atoms with van der Waals surface area (Å²) in [4.78, 5) is 1.42. The lowest BCUT2D eigenvalue weighted by atomic mass is 9.89. The molecule has 1 aliphatic carbocycles. The predicted molar refractivity (Wildman–Crippen MR) is 106 cm³/mol. The molecule has 0 atom stereocenters. The molecule has 0 fully saturated rings. The van der Waals surface area contributed by atoms with E-state index in [1.807, 2.05) is 6.07 Å². The normalized spacial score (nSPS) is 13.8. The van der Waals surface area contributed by atoms with Gasteiger partial charge in [-0.3, -0.25) is 0 Å². The second-order valence-corrected chi connectivity index (χ2v) is 8.35. The lowest BCUT2D eigenvalue weighted by Crippen LogP contribution is -2.27. The third-order valence-electron chi connectivity index (χ3n) is 5.27. The Morgan fingerprint density at radius 3 is 2.46 bits per heavy atom. The van der Waals surface area contributed by atoms with Gasteiger partial charge in [0.25, 0.3) is 0 Å². The van der Waals surface area contributed by atoms with Crippen molar-refractivity contribution in [2.75, 3.05) is 0 Å². The summed E-state index contributed by atoms with van der Waals surface area (Å²) in [5.41, 5.74) is 6.50. The van der Waals surface area contributed by atoms with Crippen molar-refractivity contribution in [3.05, 3.63) is 52.3 Å². The van der Waals surface area contributed by atoms with Crippen LogP contribution in [-0.2, 0) is 19.4 Å². The van der Waals surface area contributed by atoms with Crippen molar-refractivity contribution in [3.63, 3.8) is 0 Å². The molecule has 5 nitrogen and oxygen atoms in total. The molecule has 1 aromatic heterocycles. The van der Waals surface area contributed by atoms with E-state index in [0.29, 0.717) is 5.82 Å². The average molecular weight is 380 g/mol. The molecule has 0 saturated heterocycles. The molecule has 0 amide bonds. The average Bonchev–Trinajstić information content (AvgIpc) is 3.24. The van der Waals surface area contributed by atoms with Gasteiger partial charge in [0.1, 0.15) is 5.82 Å². The molecule has 28 heavy (non-hydrogen) atoms. The summed E-state index contributed by atoms with van der Waals surface area (Å²) in [5, 5.41) is 22.5. The molecule has 4 rings (SSSR count). The van der Waals surface area contributed by atoms with E-state index in [0.717, 1.165) is 58.2 Å². The summed E-state index contributed by atoms with van der Waals surface area (Å²) in [5.74, 6) is 0.446. The van der Waals surface area contributed by atoms with Crippen LogP contribution in [0.1, 0.15) is 42.5 Å². The molecule has 3 aromatic rings. The third-order valence-corrected chi connectivity index (χ3v) is 5.27. The third kappa shape index (κ3) is 3.44. The van der Waals surface area contributed by atoms with Gasteiger partial charge in [0.15, 0.2) is 0 Å². The Morgan fingerprint density at radius 1 is 1.11 bits per heavy atom. The smallest absolute Gasteiger partial charge is 0.204 e. The number of halogens is 1. The van der Waals surface area contributed by atoms with Gasteiger partial charge < -0.3 is 5.11 Å². The lowest BCUT2D eigenvalue weighted by molar-refractivity contribution is 0.0526. The van der Waals surface area contributed by atoms with Gasteiger partial charge in [-0.15, -0.1) is 10.2 Å². The maximum absolute atomic E-state index is 14.1. The molecule has 6 heteroatoms. The number of rotatable bonds is 4. The van der Waals surface area contributed by atoms with Crippen LogP contribution in [0.4, 0.5) is 4.39 Å². The highest BCUT2D eigenvalue weighted by Crippen LogP contribution is 2.38. The van der Waals surface area contributed by atoms with Gasteiger partial charge in [-0.25, -0.2) is 4.39 Å². The van der Waals surface area contributed by atoms with Gasteiger partial charge in [0.05, 0.1) is 12.1 Å². The summed E-state index contributed by atoms with van der Waals surface area (Å²) in [6, 6.07) is 7.61. The Labute approximate surface area is 164 Å². The van der Waals surface area contributed by atoms with Gasteiger partial charge in [-0.05, 0) is 104 Å². The highest BCUT2D eigenvalue weighted by atomic mass is 19.1. The van der Waals surface area contributed by atoms with E-state index in [1.165, 1.54) is 4.80 Å². The number of hydrogen-bond donors (Lipinski definition) is 1. The van der Waals surface area contributed by atoms with Gasteiger partial charge in [0.2, 0.25) is 5.82 Å². The number of nitrogens with zero attached hydrogens (tertiary/aromatic N) is 4. The number of benzene rings is 2. The van der Waals surface area contributed by atoms with Crippen LogP contribution in [0, 0.1) is 19.7 Å². The Morgan fingerprint density at radius 2 is 1.79 bits per heavy atom. The molecule has 1 heterocycles. The number of tetrazole rings is 1. The zero-order valence-electron chi connectivity index (χ0n) is 16.8. The van der Waals surface area contributed by atoms with Crippen molar-refractivity contribution in [1.29, 1.82) is 0 Å². The predicted octanol–water partition coefficient (Wildman–Crippen LogP) is 4.02. The molecule has 0 radical (unpaired) electrons. The minimum atomic E-state index is -0.906. The molecular weight excluding hydrogens is 355 g/mol. The minimum Gasteiger partial charge on any atom is -0.388 e. The highest BCUT2D eigenvalue weighted by molar-refractivity contribution is 5.78. The van der Waals surface area contributed by atoms with E-state index >= 15 is 0 Å². The molecule has 0 aliphatic heterocycles. The van der Waals surface area contributed by atoms with Gasteiger partial charge in [-0.2, -0.15) is 4.80 Å². The molecule has 0 saturated carbocycles. The topological polar surface area (TPSA) is 63.8 Å². The first-order valence-corrected chi connectivity index (χ1v) is 9.65. The van der Waals surface area contributed by atoms with Gasteiger partial charge >= 0.3 is 0 Å². The van der Waals surface area contributed by atoms with Crippen molar-refractivity contribution in [3.8, 4) is 22.5 Å². The molecule has 1 N–H and O–H groups in total. The van der Waals surface area contributed by atoms with Gasteiger partial charge in [-0.1, -0.05) is 6.07 Å². The summed E-state index contributed by atoms with van der Waals surface area (Å²) in [7, 11) is 0. The van der Waals surface area contributed by atoms with Crippen LogP contribution in [0.3, 0.4) is 0 Å². The van der Waals surface area contributed by atoms with Crippen LogP contribution in [0.15, 0.2) is 24.3 Å². The van der Waals surface area contributed by atoms with E-state index < -0.39 is 5.60 Å². The fourth-order valence-corrected chi connectivity index (χ4v) is 4.19. The molecule has 0 unspecified atom stereocenters. The Kier molecular flexibility index (Phi) is 4.54. The zero-order valence-corrected chi connectivity index (χ0v) is 16.8. The van der Waals surface area contributed by atoms with Crippen LogP contribution >= 0.6 is 0 Å². The lowest BCUT2D eigenvalue weighted by Gasteiger charge is -2.16. The first-order chi connectivity index (χ1) is 13.2. The fraction of sp³-hybridized carbons (Fsp3) is 0.409. The monoisotopic (exact) mass is 380 g/mol. The molecule has 0 bridgehead atoms. The van der Waals surface area contributed by atoms with Crippen molar-refractivity contribution in [2.45, 2.75) is 59.1 Å². The standard InChI is InChI=1S/C22H25FN4O/c1-13-10-15(21-24-26-27(25-21)12-22(3,4)28)11-14(2)20(13)18-8-9-19(23)17-7-5-6-16(17)18/h8-11,28H,5-7,12H2,1-4H3. The Bertz CT molecular complexity index is 1030. The number of hydrogen-bond acceptors (Lipinski definition) is 4. The molecule has 146 valence electrons. The minimum absolute atomic E-state index is 0.0872. The zero-order chi connectivity index (χ0) is 20.1. The van der Waals surface area contributed by atoms with Crippen LogP contribution in [0.25, 0.3) is 22.5 Å². The van der Waals surface area contributed by atoms with E-state index in [1.54, 1.807) is 19.9 Å². The largest absolute Gasteiger partial charge is 0.388 e. The SMILES string of the molecule is Cc1cc(-c2nnn(CC(C)(C)O)n2)cc(C)c1-c1ccc(F)c2c1CCC2. The Balaban J connectivity index is 1.74. The molecular formula is C22H25FN4O. The van der Waals surface area contributed by atoms with E-state index in [2.05, 4.69) is 41.4 Å². The quantitative estimate of drug-likeness (QED) is 0.742. The number of aliphatic hydroxyl groups is 1. The number of aromatic nitrogens is 4. The second-order valence-electron chi connectivity index (χ2n) is 8.35. The first kappa shape index (κ1) is 18.7. The maximum Gasteiger partial charge on any atom is 0.204 e. The maximum atomic E-state index is 14.1. The van der Waals surface area contributed by atoms with Gasteiger partial charge in [0, 0.05) is 5.56 Å². The fourth-order valence-electron chi connectivity index (χ4n) is 4.19. The van der Waals surface area contributed by atoms with Crippen molar-refractivity contribution >= 4 is 0 Å². The number of aryl methyl sites for hydroxylation is 2.